The number of piperidine rings is 1. The van der Waals surface area contributed by atoms with E-state index in [1.807, 2.05) is 6.07 Å². The molecule has 3 fully saturated rings. The second kappa shape index (κ2) is 12.9. The van der Waals surface area contributed by atoms with Gasteiger partial charge in [-0.1, -0.05) is 62.4 Å². The summed E-state index contributed by atoms with van der Waals surface area (Å²) in [6.45, 7) is 0.134. The molecule has 6 atom stereocenters. The monoisotopic (exact) mass is 579 g/mol. The molecule has 0 amide bonds. The van der Waals surface area contributed by atoms with Crippen molar-refractivity contribution in [3.8, 4) is 0 Å². The fraction of sp³-hybridized carbons (Fsp3) is 0.618. The zero-order chi connectivity index (χ0) is 29.2. The van der Waals surface area contributed by atoms with Crippen molar-refractivity contribution < 1.29 is 34.3 Å². The number of fused-ring (bicyclic) bond motifs is 3. The number of cyclic esters (lactones) is 1. The van der Waals surface area contributed by atoms with Crippen LogP contribution in [0.5, 0.6) is 0 Å². The number of methoxy groups -OCH3 is 1. The molecule has 5 aliphatic rings. The van der Waals surface area contributed by atoms with Gasteiger partial charge in [-0.25, -0.2) is 4.79 Å². The Balaban J connectivity index is 1.34. The van der Waals surface area contributed by atoms with Crippen LogP contribution in [-0.2, 0) is 25.4 Å². The Labute approximate surface area is 248 Å². The molecule has 4 heterocycles. The molecule has 0 bridgehead atoms. The summed E-state index contributed by atoms with van der Waals surface area (Å²) >= 11 is 0. The summed E-state index contributed by atoms with van der Waals surface area (Å²) in [4.78, 5) is 15.0. The number of aliphatic hydroxyl groups is 3. The van der Waals surface area contributed by atoms with Crippen molar-refractivity contribution >= 4 is 5.97 Å². The molecule has 6 rings (SSSR count). The summed E-state index contributed by atoms with van der Waals surface area (Å²) in [7, 11) is 1.43. The molecule has 1 aromatic carbocycles. The lowest BCUT2D eigenvalue weighted by Gasteiger charge is -2.49. The molecule has 2 saturated heterocycles. The summed E-state index contributed by atoms with van der Waals surface area (Å²) in [6.07, 6.45) is 12.3. The van der Waals surface area contributed by atoms with Crippen molar-refractivity contribution in [1.82, 2.24) is 4.90 Å². The van der Waals surface area contributed by atoms with E-state index in [-0.39, 0.29) is 41.7 Å². The van der Waals surface area contributed by atoms with Gasteiger partial charge in [0, 0.05) is 24.5 Å². The molecular weight excluding hydrogens is 534 g/mol. The van der Waals surface area contributed by atoms with Gasteiger partial charge in [0.25, 0.3) is 0 Å². The van der Waals surface area contributed by atoms with E-state index in [9.17, 15) is 20.1 Å². The van der Waals surface area contributed by atoms with Crippen molar-refractivity contribution in [2.45, 2.75) is 82.4 Å². The topological polar surface area (TPSA) is 109 Å². The van der Waals surface area contributed by atoms with Crippen molar-refractivity contribution in [2.75, 3.05) is 26.9 Å². The zero-order valence-corrected chi connectivity index (χ0v) is 24.6. The maximum absolute atomic E-state index is 12.5. The van der Waals surface area contributed by atoms with Gasteiger partial charge < -0.3 is 29.5 Å². The van der Waals surface area contributed by atoms with Gasteiger partial charge in [-0.15, -0.1) is 0 Å². The second-order valence-electron chi connectivity index (χ2n) is 12.8. The van der Waals surface area contributed by atoms with Crippen molar-refractivity contribution in [2.24, 2.45) is 23.7 Å². The molecule has 1 aliphatic carbocycles. The number of hydrogen-bond acceptors (Lipinski definition) is 8. The fourth-order valence-corrected chi connectivity index (χ4v) is 8.37. The van der Waals surface area contributed by atoms with Gasteiger partial charge in [0.2, 0.25) is 5.76 Å². The largest absolute Gasteiger partial charge is 0.492 e. The smallest absolute Gasteiger partial charge is 0.345 e. The van der Waals surface area contributed by atoms with Crippen LogP contribution < -0.4 is 0 Å². The SMILES string of the molecule is COC1=C(CO)C(=O)OC1=C1OC2=CCCN3[C@H](C[C@H](Cc4ccccc4)C[C@H]3[C@@H](O)CC3CCCCC3)[C@@H]2[C@@H]1CO. The quantitative estimate of drug-likeness (QED) is 0.393. The Morgan fingerprint density at radius 1 is 1.05 bits per heavy atom. The Morgan fingerprint density at radius 3 is 2.55 bits per heavy atom. The maximum Gasteiger partial charge on any atom is 0.345 e. The van der Waals surface area contributed by atoms with E-state index in [0.29, 0.717) is 17.6 Å². The number of benzene rings is 1. The van der Waals surface area contributed by atoms with Crippen LogP contribution in [0.4, 0.5) is 0 Å². The van der Waals surface area contributed by atoms with Crippen molar-refractivity contribution in [3.63, 3.8) is 0 Å². The lowest BCUT2D eigenvalue weighted by atomic mass is 9.72. The Morgan fingerprint density at radius 2 is 1.83 bits per heavy atom. The highest BCUT2D eigenvalue weighted by Gasteiger charge is 2.52. The minimum atomic E-state index is -0.661. The van der Waals surface area contributed by atoms with Gasteiger partial charge in [-0.05, 0) is 55.6 Å². The molecule has 8 heteroatoms. The van der Waals surface area contributed by atoms with E-state index < -0.39 is 24.6 Å². The Hall–Kier alpha value is -2.65. The molecule has 3 N–H and O–H groups in total. The summed E-state index contributed by atoms with van der Waals surface area (Å²) in [5, 5.41) is 32.4. The lowest BCUT2D eigenvalue weighted by molar-refractivity contribution is -0.134. The molecule has 1 saturated carbocycles. The summed E-state index contributed by atoms with van der Waals surface area (Å²) in [6, 6.07) is 10.7. The van der Waals surface area contributed by atoms with Gasteiger partial charge in [0.1, 0.15) is 11.3 Å². The van der Waals surface area contributed by atoms with E-state index in [1.165, 1.54) is 44.8 Å². The van der Waals surface area contributed by atoms with Crippen molar-refractivity contribution in [1.29, 1.82) is 0 Å². The number of esters is 1. The number of hydrogen-bond donors (Lipinski definition) is 3. The van der Waals surface area contributed by atoms with Crippen LogP contribution in [0.1, 0.15) is 63.4 Å². The Kier molecular flexibility index (Phi) is 9.05. The summed E-state index contributed by atoms with van der Waals surface area (Å²) in [5.41, 5.74) is 1.35. The minimum absolute atomic E-state index is 0.0305. The molecule has 4 aliphatic heterocycles. The molecule has 228 valence electrons. The number of carbonyl (C=O) groups excluding carboxylic acids is 1. The number of nitrogens with zero attached hydrogens (tertiary/aromatic N) is 1. The van der Waals surface area contributed by atoms with Crippen LogP contribution in [0.15, 0.2) is 65.0 Å². The molecule has 1 aromatic rings. The highest BCUT2D eigenvalue weighted by Crippen LogP contribution is 2.50. The second-order valence-corrected chi connectivity index (χ2v) is 12.8. The molecule has 0 aromatic heterocycles. The molecule has 0 unspecified atom stereocenters. The highest BCUT2D eigenvalue weighted by molar-refractivity contribution is 5.94. The van der Waals surface area contributed by atoms with E-state index in [0.717, 1.165) is 44.4 Å². The first-order chi connectivity index (χ1) is 20.5. The maximum atomic E-state index is 12.5. The van der Waals surface area contributed by atoms with E-state index in [2.05, 4.69) is 35.2 Å². The number of ether oxygens (including phenoxy) is 3. The highest BCUT2D eigenvalue weighted by atomic mass is 16.6. The lowest BCUT2D eigenvalue weighted by Crippen LogP contribution is -2.57. The predicted molar refractivity (Wildman–Crippen MR) is 156 cm³/mol. The Bertz CT molecular complexity index is 1220. The average molecular weight is 580 g/mol. The molecular formula is C34H45NO7. The third-order valence-electron chi connectivity index (χ3n) is 10.3. The van der Waals surface area contributed by atoms with E-state index >= 15 is 0 Å². The first-order valence-electron chi connectivity index (χ1n) is 15.8. The van der Waals surface area contributed by atoms with Crippen LogP contribution in [0.25, 0.3) is 0 Å². The summed E-state index contributed by atoms with van der Waals surface area (Å²) in [5.74, 6) is 1.17. The molecule has 0 radical (unpaired) electrons. The van der Waals surface area contributed by atoms with Crippen LogP contribution >= 0.6 is 0 Å². The van der Waals surface area contributed by atoms with Gasteiger partial charge >= 0.3 is 5.97 Å². The fourth-order valence-electron chi connectivity index (χ4n) is 8.37. The minimum Gasteiger partial charge on any atom is -0.492 e. The van der Waals surface area contributed by atoms with E-state index in [1.54, 1.807) is 0 Å². The molecule has 42 heavy (non-hydrogen) atoms. The third-order valence-corrected chi connectivity index (χ3v) is 10.3. The zero-order valence-electron chi connectivity index (χ0n) is 24.6. The van der Waals surface area contributed by atoms with Crippen LogP contribution in [0.2, 0.25) is 0 Å². The average Bonchev–Trinajstić information content (AvgIpc) is 3.48. The third kappa shape index (κ3) is 5.66. The number of rotatable bonds is 8. The van der Waals surface area contributed by atoms with Crippen LogP contribution in [-0.4, -0.2) is 71.2 Å². The van der Waals surface area contributed by atoms with Crippen LogP contribution in [0, 0.1) is 23.7 Å². The van der Waals surface area contributed by atoms with Gasteiger partial charge in [0.15, 0.2) is 11.5 Å². The van der Waals surface area contributed by atoms with E-state index in [4.69, 9.17) is 14.2 Å². The van der Waals surface area contributed by atoms with Crippen molar-refractivity contribution in [3.05, 3.63) is 70.6 Å². The van der Waals surface area contributed by atoms with Gasteiger partial charge in [0.05, 0.1) is 32.3 Å². The predicted octanol–water partition coefficient (Wildman–Crippen LogP) is 4.21. The standard InChI is InChI=1S/C34H45NO7/c1-40-31-25(20-37)34(39)42-33(31)32-24(19-36)30-27-17-23(15-21-9-4-2-5-10-21)16-26(35(27)14-8-13-29(30)41-32)28(38)18-22-11-6-3-7-12-22/h2,4-5,9-10,13,22-24,26-28,30,36-38H,3,6-8,11-12,14-20H2,1H3/t23-,24+,26+,27-,28+,30+/m1/s1. The first-order valence-corrected chi connectivity index (χ1v) is 15.8. The van der Waals surface area contributed by atoms with Gasteiger partial charge in [-0.3, -0.25) is 4.90 Å². The van der Waals surface area contributed by atoms with Crippen LogP contribution in [0.3, 0.4) is 0 Å². The molecule has 8 nitrogen and oxygen atoms in total. The normalized spacial score (nSPS) is 32.9. The first kappa shape index (κ1) is 29.4. The van der Waals surface area contributed by atoms with Gasteiger partial charge in [-0.2, -0.15) is 0 Å². The number of carbonyl (C=O) groups is 1. The molecule has 0 spiro atoms. The summed E-state index contributed by atoms with van der Waals surface area (Å²) < 4.78 is 17.5. The number of aliphatic hydroxyl groups excluding tert-OH is 3.